The molecule has 5 heteroatoms. The highest BCUT2D eigenvalue weighted by atomic mass is 32.4. The molecule has 12 rings (SSSR count). The maximum Gasteiger partial charge on any atom is 0.0614 e. The summed E-state index contributed by atoms with van der Waals surface area (Å²) >= 11 is 7.59. The summed E-state index contributed by atoms with van der Waals surface area (Å²) in [6.07, 6.45) is 0. The van der Waals surface area contributed by atoms with E-state index in [2.05, 4.69) is 165 Å². The fraction of sp³-hybridized carbons (Fsp3) is 0.200. The topological polar surface area (TPSA) is 9.72 Å². The van der Waals surface area contributed by atoms with Crippen LogP contribution >= 0.6 is 6.04 Å². The fourth-order valence-electron chi connectivity index (χ4n) is 10.8. The Hall–Kier alpha value is -4.63. The molecule has 0 aromatic heterocycles. The van der Waals surface area contributed by atoms with Gasteiger partial charge in [-0.3, -0.25) is 0 Å². The molecule has 0 bridgehead atoms. The number of anilines is 9. The molecule has 0 spiro atoms. The van der Waals surface area contributed by atoms with Gasteiger partial charge in [0.1, 0.15) is 0 Å². The first kappa shape index (κ1) is 28.1. The molecular formula is C45H36N3PS. The Kier molecular flexibility index (Phi) is 4.66. The molecule has 0 aliphatic carbocycles. The summed E-state index contributed by atoms with van der Waals surface area (Å²) in [5, 5.41) is 4.10. The Bertz CT molecular complexity index is 2410. The molecule has 3 nitrogen and oxygen atoms in total. The van der Waals surface area contributed by atoms with Gasteiger partial charge in [0.05, 0.1) is 57.2 Å². The van der Waals surface area contributed by atoms with Crippen LogP contribution in [0.5, 0.6) is 0 Å². The number of benzene rings is 6. The zero-order valence-electron chi connectivity index (χ0n) is 29.1. The van der Waals surface area contributed by atoms with Crippen LogP contribution in [-0.2, 0) is 28.1 Å². The second-order valence-corrected chi connectivity index (χ2v) is 20.7. The molecule has 0 radical (unpaired) electrons. The lowest BCUT2D eigenvalue weighted by molar-refractivity contribution is 0.628. The summed E-state index contributed by atoms with van der Waals surface area (Å²) in [5.41, 5.74) is 19.1. The molecule has 0 N–H and O–H groups in total. The average Bonchev–Trinajstić information content (AvgIpc) is 3.11. The Morgan fingerprint density at radius 2 is 0.640 bits per heavy atom. The van der Waals surface area contributed by atoms with Gasteiger partial charge < -0.3 is 14.7 Å². The van der Waals surface area contributed by atoms with Gasteiger partial charge >= 0.3 is 0 Å². The minimum absolute atomic E-state index is 0.187. The van der Waals surface area contributed by atoms with E-state index in [1.54, 1.807) is 0 Å². The molecule has 0 atom stereocenters. The third-order valence-corrected chi connectivity index (χ3v) is 18.1. The van der Waals surface area contributed by atoms with Crippen LogP contribution in [0.25, 0.3) is 0 Å². The number of nitrogens with zero attached hydrogens (tertiary/aromatic N) is 3. The summed E-state index contributed by atoms with van der Waals surface area (Å²) in [7, 11) is 0. The van der Waals surface area contributed by atoms with Crippen molar-refractivity contribution in [3.05, 3.63) is 143 Å². The molecule has 0 amide bonds. The maximum absolute atomic E-state index is 7.59. The standard InChI is InChI=1S/C45H36N3PS/c1-43(2)25-13-7-10-16-31(25)46-35-23-20-29-38-41(35)49(50)40-34(22-19-28(43)37(40)46)47-32-17-11-8-14-26(32)44(3,4)30-21-24-36(42(49)39(30)47)48(38)33-18-12-9-15-27(33)45(29,5)6/h7-24H,1-6H3. The second kappa shape index (κ2) is 8.28. The summed E-state index contributed by atoms with van der Waals surface area (Å²) in [6.45, 7) is 14.4. The molecule has 0 fully saturated rings. The SMILES string of the molecule is CC1(C)c2ccccc2N2c3ccc4c5c3P3(=S)c6c(ccc1c62)N1c2ccccc2C(C)(C)c2ccc(c3c21)N5c1ccccc1C4(C)C. The van der Waals surface area contributed by atoms with Crippen LogP contribution in [0.3, 0.4) is 0 Å². The summed E-state index contributed by atoms with van der Waals surface area (Å²) < 4.78 is 0. The van der Waals surface area contributed by atoms with Gasteiger partial charge in [0.25, 0.3) is 0 Å². The number of rotatable bonds is 0. The van der Waals surface area contributed by atoms with Gasteiger partial charge in [0.15, 0.2) is 0 Å². The largest absolute Gasteiger partial charge is 0.308 e. The van der Waals surface area contributed by atoms with Crippen LogP contribution in [0.4, 0.5) is 51.2 Å². The van der Waals surface area contributed by atoms with Crippen LogP contribution in [0, 0.1) is 0 Å². The van der Waals surface area contributed by atoms with E-state index in [0.29, 0.717) is 0 Å². The molecule has 50 heavy (non-hydrogen) atoms. The molecule has 6 aliphatic rings. The smallest absolute Gasteiger partial charge is 0.0614 e. The first-order chi connectivity index (χ1) is 24.0. The Morgan fingerprint density at radius 3 is 0.940 bits per heavy atom. The van der Waals surface area contributed by atoms with Gasteiger partial charge in [-0.15, -0.1) is 0 Å². The van der Waals surface area contributed by atoms with Crippen molar-refractivity contribution in [1.82, 2.24) is 0 Å². The Labute approximate surface area is 298 Å². The molecule has 6 aliphatic heterocycles. The first-order valence-corrected chi connectivity index (χ1v) is 20.6. The fourth-order valence-corrected chi connectivity index (χ4v) is 16.2. The lowest BCUT2D eigenvalue weighted by Crippen LogP contribution is -2.52. The average molecular weight is 682 g/mol. The van der Waals surface area contributed by atoms with Crippen LogP contribution in [-0.4, -0.2) is 0 Å². The van der Waals surface area contributed by atoms with E-state index in [-0.39, 0.29) is 16.2 Å². The van der Waals surface area contributed by atoms with Crippen LogP contribution in [0.2, 0.25) is 0 Å². The zero-order chi connectivity index (χ0) is 33.9. The molecule has 6 heterocycles. The van der Waals surface area contributed by atoms with Crippen molar-refractivity contribution in [1.29, 1.82) is 0 Å². The van der Waals surface area contributed by atoms with Gasteiger partial charge in [-0.2, -0.15) is 0 Å². The van der Waals surface area contributed by atoms with Gasteiger partial charge in [-0.05, 0) is 69.8 Å². The minimum atomic E-state index is -2.61. The minimum Gasteiger partial charge on any atom is -0.308 e. The van der Waals surface area contributed by atoms with Crippen molar-refractivity contribution < 1.29 is 0 Å². The number of para-hydroxylation sites is 3. The van der Waals surface area contributed by atoms with Gasteiger partial charge in [0.2, 0.25) is 0 Å². The van der Waals surface area contributed by atoms with E-state index < -0.39 is 6.04 Å². The van der Waals surface area contributed by atoms with Crippen molar-refractivity contribution in [2.75, 3.05) is 14.7 Å². The van der Waals surface area contributed by atoms with E-state index in [1.165, 1.54) is 100 Å². The molecule has 0 saturated carbocycles. The molecule has 242 valence electrons. The zero-order valence-corrected chi connectivity index (χ0v) is 30.8. The number of hydrogen-bond acceptors (Lipinski definition) is 4. The third-order valence-electron chi connectivity index (χ3n) is 13.2. The summed E-state index contributed by atoms with van der Waals surface area (Å²) in [6, 6.07) is 39.2. The van der Waals surface area contributed by atoms with Crippen molar-refractivity contribution >= 4 is 84.9 Å². The van der Waals surface area contributed by atoms with E-state index in [4.69, 9.17) is 11.8 Å². The monoisotopic (exact) mass is 681 g/mol. The summed E-state index contributed by atoms with van der Waals surface area (Å²) in [4.78, 5) is 7.83. The molecule has 6 aromatic carbocycles. The quantitative estimate of drug-likeness (QED) is 0.147. The lowest BCUT2D eigenvalue weighted by atomic mass is 9.71. The van der Waals surface area contributed by atoms with Gasteiger partial charge in [0, 0.05) is 32.2 Å². The Morgan fingerprint density at radius 1 is 0.360 bits per heavy atom. The number of hydrogen-bond donors (Lipinski definition) is 0. The van der Waals surface area contributed by atoms with Crippen molar-refractivity contribution in [2.45, 2.75) is 57.8 Å². The van der Waals surface area contributed by atoms with Crippen LogP contribution < -0.4 is 30.6 Å². The lowest BCUT2D eigenvalue weighted by Gasteiger charge is -2.58. The highest BCUT2D eigenvalue weighted by Gasteiger charge is 2.58. The van der Waals surface area contributed by atoms with Crippen molar-refractivity contribution in [2.24, 2.45) is 0 Å². The van der Waals surface area contributed by atoms with Gasteiger partial charge in [-0.1, -0.05) is 126 Å². The highest BCUT2D eigenvalue weighted by Crippen LogP contribution is 2.72. The molecule has 0 saturated heterocycles. The van der Waals surface area contributed by atoms with Crippen LogP contribution in [0.1, 0.15) is 74.9 Å². The van der Waals surface area contributed by atoms with Crippen molar-refractivity contribution in [3.63, 3.8) is 0 Å². The first-order valence-electron chi connectivity index (χ1n) is 17.8. The molecular weight excluding hydrogens is 646 g/mol. The normalized spacial score (nSPS) is 19.6. The second-order valence-electron chi connectivity index (χ2n) is 16.5. The molecule has 0 unspecified atom stereocenters. The van der Waals surface area contributed by atoms with E-state index in [1.807, 2.05) is 0 Å². The van der Waals surface area contributed by atoms with E-state index >= 15 is 0 Å². The predicted octanol–water partition coefficient (Wildman–Crippen LogP) is 10.7. The van der Waals surface area contributed by atoms with Gasteiger partial charge in [-0.25, -0.2) is 0 Å². The summed E-state index contributed by atoms with van der Waals surface area (Å²) in [5.74, 6) is 0. The van der Waals surface area contributed by atoms with Crippen LogP contribution in [0.15, 0.2) is 109 Å². The Balaban J connectivity index is 1.35. The predicted molar refractivity (Wildman–Crippen MR) is 214 cm³/mol. The molecule has 6 aromatic rings. The number of fused-ring (bicyclic) bond motifs is 9. The van der Waals surface area contributed by atoms with Crippen molar-refractivity contribution in [3.8, 4) is 0 Å². The maximum atomic E-state index is 7.59. The third kappa shape index (κ3) is 2.71. The highest BCUT2D eigenvalue weighted by molar-refractivity contribution is 8.26. The van der Waals surface area contributed by atoms with E-state index in [0.717, 1.165) is 0 Å². The van der Waals surface area contributed by atoms with E-state index in [9.17, 15) is 0 Å².